The highest BCUT2D eigenvalue weighted by molar-refractivity contribution is 9.11. The van der Waals surface area contributed by atoms with Gasteiger partial charge in [-0.15, -0.1) is 11.3 Å². The van der Waals surface area contributed by atoms with Crippen molar-refractivity contribution in [3.63, 3.8) is 0 Å². The molecule has 3 rings (SSSR count). The molecule has 20 heavy (non-hydrogen) atoms. The third kappa shape index (κ3) is 3.68. The lowest BCUT2D eigenvalue weighted by Crippen LogP contribution is -2.25. The van der Waals surface area contributed by atoms with E-state index >= 15 is 0 Å². The summed E-state index contributed by atoms with van der Waals surface area (Å²) in [7, 11) is 0. The molecule has 0 saturated heterocycles. The molecule has 4 heteroatoms. The topological polar surface area (TPSA) is 12.0 Å². The first-order chi connectivity index (χ1) is 9.72. The summed E-state index contributed by atoms with van der Waals surface area (Å²) in [5.74, 6) is 0.558. The Bertz CT molecular complexity index is 562. The van der Waals surface area contributed by atoms with Crippen LogP contribution in [-0.2, 0) is 6.42 Å². The van der Waals surface area contributed by atoms with Crippen LogP contribution in [0.3, 0.4) is 0 Å². The van der Waals surface area contributed by atoms with E-state index < -0.39 is 0 Å². The molecule has 1 heterocycles. The maximum Gasteiger partial charge on any atom is 0.123 e. The van der Waals surface area contributed by atoms with Crippen LogP contribution in [0.4, 0.5) is 4.39 Å². The number of nitrogens with one attached hydrogen (secondary N) is 1. The quantitative estimate of drug-likeness (QED) is 0.775. The summed E-state index contributed by atoms with van der Waals surface area (Å²) in [6, 6.07) is 11.6. The smallest absolute Gasteiger partial charge is 0.123 e. The Kier molecular flexibility index (Phi) is 4.54. The van der Waals surface area contributed by atoms with Crippen LogP contribution in [0.15, 0.2) is 40.2 Å². The van der Waals surface area contributed by atoms with E-state index in [1.807, 2.05) is 12.1 Å². The second-order valence-corrected chi connectivity index (χ2v) is 7.82. The van der Waals surface area contributed by atoms with Gasteiger partial charge in [0.25, 0.3) is 0 Å². The molecule has 1 aliphatic rings. The number of benzene rings is 1. The fourth-order valence-electron chi connectivity index (χ4n) is 2.49. The van der Waals surface area contributed by atoms with E-state index in [0.717, 1.165) is 18.9 Å². The lowest BCUT2D eigenvalue weighted by atomic mass is 10.0. The minimum Gasteiger partial charge on any atom is -0.309 e. The van der Waals surface area contributed by atoms with E-state index in [9.17, 15) is 4.39 Å². The Balaban J connectivity index is 1.59. The van der Waals surface area contributed by atoms with E-state index in [1.165, 1.54) is 27.1 Å². The van der Waals surface area contributed by atoms with E-state index in [1.54, 1.807) is 23.5 Å². The standard InChI is InChI=1S/C16H17BrFNS/c17-15-8-7-14(20-15)9-10-19-16(11-1-2-11)12-3-5-13(18)6-4-12/h3-8,11,16,19H,1-2,9-10H2. The first kappa shape index (κ1) is 14.2. The van der Waals surface area contributed by atoms with Crippen LogP contribution < -0.4 is 5.32 Å². The van der Waals surface area contributed by atoms with Crippen LogP contribution in [0.25, 0.3) is 0 Å². The summed E-state index contributed by atoms with van der Waals surface area (Å²) in [6.45, 7) is 0.964. The third-order valence-corrected chi connectivity index (χ3v) is 5.37. The highest BCUT2D eigenvalue weighted by Crippen LogP contribution is 2.41. The molecule has 0 bridgehead atoms. The van der Waals surface area contributed by atoms with Gasteiger partial charge in [0.2, 0.25) is 0 Å². The number of hydrogen-bond acceptors (Lipinski definition) is 2. The van der Waals surface area contributed by atoms with Crippen LogP contribution in [-0.4, -0.2) is 6.54 Å². The average molecular weight is 354 g/mol. The van der Waals surface area contributed by atoms with Crippen LogP contribution in [0.5, 0.6) is 0 Å². The van der Waals surface area contributed by atoms with Gasteiger partial charge in [-0.05, 0) is 70.9 Å². The Morgan fingerprint density at radius 2 is 1.95 bits per heavy atom. The fourth-order valence-corrected chi connectivity index (χ4v) is 3.98. The van der Waals surface area contributed by atoms with E-state index in [2.05, 4.69) is 33.4 Å². The maximum atomic E-state index is 13.0. The summed E-state index contributed by atoms with van der Waals surface area (Å²) in [5.41, 5.74) is 1.21. The molecule has 1 unspecified atom stereocenters. The molecule has 1 aromatic heterocycles. The summed E-state index contributed by atoms with van der Waals surface area (Å²) in [6.07, 6.45) is 3.60. The molecular weight excluding hydrogens is 337 g/mol. The largest absolute Gasteiger partial charge is 0.309 e. The lowest BCUT2D eigenvalue weighted by molar-refractivity contribution is 0.484. The Morgan fingerprint density at radius 3 is 2.55 bits per heavy atom. The van der Waals surface area contributed by atoms with Gasteiger partial charge in [0.05, 0.1) is 3.79 Å². The van der Waals surface area contributed by atoms with Gasteiger partial charge in [0, 0.05) is 17.5 Å². The van der Waals surface area contributed by atoms with Gasteiger partial charge in [0.15, 0.2) is 0 Å². The van der Waals surface area contributed by atoms with Crippen molar-refractivity contribution in [1.29, 1.82) is 0 Å². The normalized spacial score (nSPS) is 16.3. The first-order valence-corrected chi connectivity index (χ1v) is 8.56. The van der Waals surface area contributed by atoms with Crippen LogP contribution in [0, 0.1) is 11.7 Å². The van der Waals surface area contributed by atoms with Crippen LogP contribution in [0.1, 0.15) is 29.3 Å². The molecule has 1 fully saturated rings. The van der Waals surface area contributed by atoms with Gasteiger partial charge in [-0.3, -0.25) is 0 Å². The van der Waals surface area contributed by atoms with Crippen molar-refractivity contribution < 1.29 is 4.39 Å². The second-order valence-electron chi connectivity index (χ2n) is 5.28. The molecule has 1 aromatic carbocycles. The zero-order chi connectivity index (χ0) is 13.9. The van der Waals surface area contributed by atoms with E-state index in [-0.39, 0.29) is 5.82 Å². The Morgan fingerprint density at radius 1 is 1.20 bits per heavy atom. The second kappa shape index (κ2) is 6.37. The van der Waals surface area contributed by atoms with Crippen molar-refractivity contribution in [2.75, 3.05) is 6.54 Å². The molecule has 0 aliphatic heterocycles. The summed E-state index contributed by atoms with van der Waals surface area (Å²) >= 11 is 5.28. The minimum absolute atomic E-state index is 0.160. The van der Waals surface area contributed by atoms with E-state index in [0.29, 0.717) is 6.04 Å². The van der Waals surface area contributed by atoms with Crippen molar-refractivity contribution in [3.05, 3.63) is 56.4 Å². The molecule has 0 amide bonds. The molecular formula is C16H17BrFNS. The van der Waals surface area contributed by atoms with Gasteiger partial charge in [-0.2, -0.15) is 0 Å². The SMILES string of the molecule is Fc1ccc(C(NCCc2ccc(Br)s2)C2CC2)cc1. The number of hydrogen-bond donors (Lipinski definition) is 1. The predicted octanol–water partition coefficient (Wildman–Crippen LogP) is 4.93. The summed E-state index contributed by atoms with van der Waals surface area (Å²) < 4.78 is 14.2. The van der Waals surface area contributed by atoms with Gasteiger partial charge < -0.3 is 5.32 Å². The number of halogens is 2. The molecule has 1 nitrogen and oxygen atoms in total. The van der Waals surface area contributed by atoms with Crippen LogP contribution >= 0.6 is 27.3 Å². The average Bonchev–Trinajstić information content (AvgIpc) is 3.19. The first-order valence-electron chi connectivity index (χ1n) is 6.95. The molecule has 1 saturated carbocycles. The third-order valence-electron chi connectivity index (χ3n) is 3.69. The number of rotatable bonds is 6. The predicted molar refractivity (Wildman–Crippen MR) is 85.6 cm³/mol. The molecule has 0 radical (unpaired) electrons. The molecule has 2 aromatic rings. The monoisotopic (exact) mass is 353 g/mol. The van der Waals surface area contributed by atoms with Crippen LogP contribution in [0.2, 0.25) is 0 Å². The highest BCUT2D eigenvalue weighted by atomic mass is 79.9. The maximum absolute atomic E-state index is 13.0. The van der Waals surface area contributed by atoms with Crippen molar-refractivity contribution >= 4 is 27.3 Å². The zero-order valence-electron chi connectivity index (χ0n) is 11.1. The van der Waals surface area contributed by atoms with Crippen molar-refractivity contribution in [2.45, 2.75) is 25.3 Å². The van der Waals surface area contributed by atoms with Crippen molar-refractivity contribution in [3.8, 4) is 0 Å². The molecule has 1 atom stereocenters. The Labute approximate surface area is 131 Å². The van der Waals surface area contributed by atoms with E-state index in [4.69, 9.17) is 0 Å². The molecule has 1 N–H and O–H groups in total. The van der Waals surface area contributed by atoms with Crippen molar-refractivity contribution in [1.82, 2.24) is 5.32 Å². The summed E-state index contributed by atoms with van der Waals surface area (Å²) in [5, 5.41) is 3.64. The molecule has 0 spiro atoms. The molecule has 1 aliphatic carbocycles. The fraction of sp³-hybridized carbons (Fsp3) is 0.375. The van der Waals surface area contributed by atoms with Gasteiger partial charge in [-0.25, -0.2) is 4.39 Å². The Hall–Kier alpha value is -0.710. The molecule has 106 valence electrons. The van der Waals surface area contributed by atoms with Gasteiger partial charge in [-0.1, -0.05) is 12.1 Å². The van der Waals surface area contributed by atoms with Gasteiger partial charge in [0.1, 0.15) is 5.82 Å². The highest BCUT2D eigenvalue weighted by Gasteiger charge is 2.31. The van der Waals surface area contributed by atoms with Crippen molar-refractivity contribution in [2.24, 2.45) is 5.92 Å². The van der Waals surface area contributed by atoms with Gasteiger partial charge >= 0.3 is 0 Å². The number of thiophene rings is 1. The minimum atomic E-state index is -0.160. The summed E-state index contributed by atoms with van der Waals surface area (Å²) in [4.78, 5) is 1.39. The zero-order valence-corrected chi connectivity index (χ0v) is 13.5. The lowest BCUT2D eigenvalue weighted by Gasteiger charge is -2.18.